The minimum atomic E-state index is -0.0895. The first-order valence-electron chi connectivity index (χ1n) is 9.82. The number of benzene rings is 2. The maximum Gasteiger partial charge on any atom is 0.251 e. The molecular formula is C23H28N2O2. The average Bonchev–Trinajstić information content (AvgIpc) is 2.72. The van der Waals surface area contributed by atoms with Crippen molar-refractivity contribution < 1.29 is 9.59 Å². The first-order chi connectivity index (χ1) is 13.1. The second kappa shape index (κ2) is 9.36. The Labute approximate surface area is 161 Å². The zero-order chi connectivity index (χ0) is 19.1. The van der Waals surface area contributed by atoms with Crippen LogP contribution >= 0.6 is 0 Å². The van der Waals surface area contributed by atoms with Crippen molar-refractivity contribution in [3.8, 4) is 0 Å². The van der Waals surface area contributed by atoms with Crippen LogP contribution in [0.4, 0.5) is 0 Å². The lowest BCUT2D eigenvalue weighted by atomic mass is 9.88. The average molecular weight is 364 g/mol. The highest BCUT2D eigenvalue weighted by Gasteiger charge is 2.20. The van der Waals surface area contributed by atoms with Crippen LogP contribution in [0.1, 0.15) is 59.2 Å². The van der Waals surface area contributed by atoms with E-state index in [0.29, 0.717) is 18.7 Å². The van der Waals surface area contributed by atoms with E-state index in [-0.39, 0.29) is 17.7 Å². The highest BCUT2D eigenvalue weighted by Crippen LogP contribution is 2.23. The zero-order valence-corrected chi connectivity index (χ0v) is 16.0. The Kier molecular flexibility index (Phi) is 6.64. The summed E-state index contributed by atoms with van der Waals surface area (Å²) in [7, 11) is 0. The lowest BCUT2D eigenvalue weighted by molar-refractivity contribution is -0.126. The lowest BCUT2D eigenvalue weighted by Gasteiger charge is -2.20. The molecule has 0 saturated heterocycles. The molecular weight excluding hydrogens is 336 g/mol. The Morgan fingerprint density at radius 1 is 0.815 bits per heavy atom. The van der Waals surface area contributed by atoms with Crippen LogP contribution in [0.3, 0.4) is 0 Å². The molecule has 2 aromatic carbocycles. The van der Waals surface area contributed by atoms with Gasteiger partial charge in [-0.2, -0.15) is 0 Å². The van der Waals surface area contributed by atoms with Crippen molar-refractivity contribution in [3.05, 3.63) is 70.8 Å². The molecule has 27 heavy (non-hydrogen) atoms. The van der Waals surface area contributed by atoms with Gasteiger partial charge in [0.1, 0.15) is 0 Å². The number of carbonyl (C=O) groups excluding carboxylic acids is 2. The van der Waals surface area contributed by atoms with Crippen molar-refractivity contribution in [2.45, 2.75) is 52.1 Å². The second-order valence-corrected chi connectivity index (χ2v) is 7.42. The summed E-state index contributed by atoms with van der Waals surface area (Å²) in [5.74, 6) is 0.244. The van der Waals surface area contributed by atoms with E-state index in [2.05, 4.69) is 10.6 Å². The summed E-state index contributed by atoms with van der Waals surface area (Å²) >= 11 is 0. The predicted octanol–water partition coefficient (Wildman–Crippen LogP) is 4.12. The highest BCUT2D eigenvalue weighted by molar-refractivity contribution is 5.94. The fourth-order valence-corrected chi connectivity index (χ4v) is 3.46. The number of hydrogen-bond donors (Lipinski definition) is 2. The minimum Gasteiger partial charge on any atom is -0.352 e. The van der Waals surface area contributed by atoms with E-state index in [4.69, 9.17) is 0 Å². The third kappa shape index (κ3) is 5.68. The molecule has 4 heteroatoms. The van der Waals surface area contributed by atoms with Crippen LogP contribution in [0.2, 0.25) is 0 Å². The van der Waals surface area contributed by atoms with Crippen LogP contribution in [-0.4, -0.2) is 11.8 Å². The van der Waals surface area contributed by atoms with Crippen molar-refractivity contribution in [2.24, 2.45) is 5.92 Å². The molecule has 142 valence electrons. The van der Waals surface area contributed by atoms with Crippen LogP contribution in [0, 0.1) is 12.8 Å². The normalized spacial score (nSPS) is 14.6. The van der Waals surface area contributed by atoms with E-state index >= 15 is 0 Å². The summed E-state index contributed by atoms with van der Waals surface area (Å²) < 4.78 is 0. The molecule has 0 unspecified atom stereocenters. The summed E-state index contributed by atoms with van der Waals surface area (Å²) in [4.78, 5) is 24.5. The quantitative estimate of drug-likeness (QED) is 0.810. The monoisotopic (exact) mass is 364 g/mol. The van der Waals surface area contributed by atoms with Gasteiger partial charge in [-0.1, -0.05) is 61.2 Å². The first kappa shape index (κ1) is 19.2. The maximum absolute atomic E-state index is 12.3. The zero-order valence-electron chi connectivity index (χ0n) is 16.0. The smallest absolute Gasteiger partial charge is 0.251 e. The standard InChI is InChI=1S/C23H28N2O2/c1-17-7-9-18(10-8-17)15-25-23(27)21-13-11-19(12-14-21)16-24-22(26)20-5-3-2-4-6-20/h7-14,20H,2-6,15-16H2,1H3,(H,24,26)(H,25,27). The van der Waals surface area contributed by atoms with Crippen molar-refractivity contribution in [2.75, 3.05) is 0 Å². The van der Waals surface area contributed by atoms with E-state index in [9.17, 15) is 9.59 Å². The number of amides is 2. The molecule has 0 aromatic heterocycles. The Bertz CT molecular complexity index is 760. The minimum absolute atomic E-state index is 0.0895. The molecule has 0 aliphatic heterocycles. The Morgan fingerprint density at radius 3 is 2.00 bits per heavy atom. The topological polar surface area (TPSA) is 58.2 Å². The van der Waals surface area contributed by atoms with Crippen LogP contribution in [0.25, 0.3) is 0 Å². The highest BCUT2D eigenvalue weighted by atomic mass is 16.2. The van der Waals surface area contributed by atoms with Crippen LogP contribution in [0.15, 0.2) is 48.5 Å². The fraction of sp³-hybridized carbons (Fsp3) is 0.391. The van der Waals surface area contributed by atoms with Gasteiger partial charge in [0, 0.05) is 24.6 Å². The van der Waals surface area contributed by atoms with Gasteiger partial charge in [0.05, 0.1) is 0 Å². The van der Waals surface area contributed by atoms with Gasteiger partial charge in [-0.25, -0.2) is 0 Å². The molecule has 0 atom stereocenters. The SMILES string of the molecule is Cc1ccc(CNC(=O)c2ccc(CNC(=O)C3CCCCC3)cc2)cc1. The van der Waals surface area contributed by atoms with E-state index < -0.39 is 0 Å². The van der Waals surface area contributed by atoms with Crippen LogP contribution < -0.4 is 10.6 Å². The molecule has 1 saturated carbocycles. The maximum atomic E-state index is 12.3. The van der Waals surface area contributed by atoms with Gasteiger partial charge in [0.25, 0.3) is 5.91 Å². The third-order valence-electron chi connectivity index (χ3n) is 5.23. The molecule has 1 aliphatic rings. The number of carbonyl (C=O) groups is 2. The predicted molar refractivity (Wildman–Crippen MR) is 107 cm³/mol. The van der Waals surface area contributed by atoms with Crippen molar-refractivity contribution in [1.29, 1.82) is 0 Å². The Hall–Kier alpha value is -2.62. The van der Waals surface area contributed by atoms with Gasteiger partial charge in [0.15, 0.2) is 0 Å². The largest absolute Gasteiger partial charge is 0.352 e. The van der Waals surface area contributed by atoms with E-state index in [1.807, 2.05) is 55.5 Å². The molecule has 0 radical (unpaired) electrons. The molecule has 2 N–H and O–H groups in total. The Morgan fingerprint density at radius 2 is 1.37 bits per heavy atom. The van der Waals surface area contributed by atoms with Crippen LogP contribution in [-0.2, 0) is 17.9 Å². The van der Waals surface area contributed by atoms with Gasteiger partial charge < -0.3 is 10.6 Å². The molecule has 1 aliphatic carbocycles. The van der Waals surface area contributed by atoms with E-state index in [1.165, 1.54) is 12.0 Å². The van der Waals surface area contributed by atoms with Gasteiger partial charge in [0.2, 0.25) is 5.91 Å². The van der Waals surface area contributed by atoms with E-state index in [0.717, 1.165) is 36.8 Å². The van der Waals surface area contributed by atoms with Gasteiger partial charge in [-0.05, 0) is 43.0 Å². The summed E-state index contributed by atoms with van der Waals surface area (Å²) in [6.07, 6.45) is 5.57. The summed E-state index contributed by atoms with van der Waals surface area (Å²) in [6, 6.07) is 15.6. The number of rotatable bonds is 6. The molecule has 3 rings (SSSR count). The van der Waals surface area contributed by atoms with Gasteiger partial charge in [-0.3, -0.25) is 9.59 Å². The molecule has 1 fully saturated rings. The number of hydrogen-bond acceptors (Lipinski definition) is 2. The summed E-state index contributed by atoms with van der Waals surface area (Å²) in [5.41, 5.74) is 3.92. The third-order valence-corrected chi connectivity index (χ3v) is 5.23. The fourth-order valence-electron chi connectivity index (χ4n) is 3.46. The summed E-state index contributed by atoms with van der Waals surface area (Å²) in [6.45, 7) is 3.07. The number of aryl methyl sites for hydroxylation is 1. The van der Waals surface area contributed by atoms with Gasteiger partial charge >= 0.3 is 0 Å². The first-order valence-corrected chi connectivity index (χ1v) is 9.82. The van der Waals surface area contributed by atoms with Crippen molar-refractivity contribution in [3.63, 3.8) is 0 Å². The van der Waals surface area contributed by atoms with Crippen LogP contribution in [0.5, 0.6) is 0 Å². The van der Waals surface area contributed by atoms with Gasteiger partial charge in [-0.15, -0.1) is 0 Å². The molecule has 0 bridgehead atoms. The molecule has 2 amide bonds. The molecule has 0 spiro atoms. The molecule has 4 nitrogen and oxygen atoms in total. The number of nitrogens with one attached hydrogen (secondary N) is 2. The molecule has 2 aromatic rings. The second-order valence-electron chi connectivity index (χ2n) is 7.42. The van der Waals surface area contributed by atoms with E-state index in [1.54, 1.807) is 0 Å². The van der Waals surface area contributed by atoms with Crippen molar-refractivity contribution in [1.82, 2.24) is 10.6 Å². The summed E-state index contributed by atoms with van der Waals surface area (Å²) in [5, 5.41) is 5.97. The Balaban J connectivity index is 1.46. The lowest BCUT2D eigenvalue weighted by Crippen LogP contribution is -2.31. The van der Waals surface area contributed by atoms with Crippen molar-refractivity contribution >= 4 is 11.8 Å². The molecule has 0 heterocycles.